The lowest BCUT2D eigenvalue weighted by molar-refractivity contribution is 1.14. The molecule has 2 aromatic carbocycles. The fourth-order valence-electron chi connectivity index (χ4n) is 3.13. The monoisotopic (exact) mass is 236 g/mol. The van der Waals surface area contributed by atoms with Crippen molar-refractivity contribution in [2.75, 3.05) is 0 Å². The smallest absolute Gasteiger partial charge is 0.000799 e. The number of aryl methyl sites for hydroxylation is 2. The van der Waals surface area contributed by atoms with Crippen molar-refractivity contribution >= 4 is 0 Å². The molecule has 0 radical (unpaired) electrons. The number of benzene rings is 2. The van der Waals surface area contributed by atoms with Crippen molar-refractivity contribution in [3.8, 4) is 11.1 Å². The van der Waals surface area contributed by atoms with E-state index in [9.17, 15) is 0 Å². The molecule has 3 rings (SSSR count). The Morgan fingerprint density at radius 1 is 0.667 bits per heavy atom. The lowest BCUT2D eigenvalue weighted by Crippen LogP contribution is -1.94. The highest BCUT2D eigenvalue weighted by Crippen LogP contribution is 2.42. The third kappa shape index (κ3) is 1.38. The predicted octanol–water partition coefficient (Wildman–Crippen LogP) is 4.80. The Morgan fingerprint density at radius 2 is 1.33 bits per heavy atom. The molecule has 0 aliphatic heterocycles. The molecule has 0 fully saturated rings. The second kappa shape index (κ2) is 3.71. The van der Waals surface area contributed by atoms with Crippen LogP contribution in [0.25, 0.3) is 11.1 Å². The van der Waals surface area contributed by atoms with Crippen LogP contribution in [-0.2, 0) is 6.42 Å². The summed E-state index contributed by atoms with van der Waals surface area (Å²) in [5.74, 6) is 0. The second-order valence-electron chi connectivity index (χ2n) is 5.68. The van der Waals surface area contributed by atoms with E-state index in [1.165, 1.54) is 44.5 Å². The first-order valence-corrected chi connectivity index (χ1v) is 6.70. The molecule has 0 spiro atoms. The van der Waals surface area contributed by atoms with Crippen LogP contribution in [0.5, 0.6) is 0 Å². The van der Waals surface area contributed by atoms with Crippen molar-refractivity contribution in [1.29, 1.82) is 0 Å². The summed E-state index contributed by atoms with van der Waals surface area (Å²) in [5, 5.41) is 0. The minimum Gasteiger partial charge on any atom is -0.0584 e. The van der Waals surface area contributed by atoms with Gasteiger partial charge in [0, 0.05) is 0 Å². The standard InChI is InChI=1S/C18H20/c1-10-6-7-15-16(13(10)4)9-17-14(5)12(3)11(2)8-18(15)17/h6-8H,9H2,1-5H3. The molecular weight excluding hydrogens is 216 g/mol. The molecule has 0 unspecified atom stereocenters. The molecule has 0 aromatic heterocycles. The molecule has 18 heavy (non-hydrogen) atoms. The SMILES string of the molecule is Cc1cc2c(c(C)c1C)Cc1c-2ccc(C)c1C. The van der Waals surface area contributed by atoms with Crippen LogP contribution < -0.4 is 0 Å². The zero-order valence-corrected chi connectivity index (χ0v) is 11.9. The normalized spacial score (nSPS) is 12.5. The van der Waals surface area contributed by atoms with Gasteiger partial charge in [0.15, 0.2) is 0 Å². The second-order valence-corrected chi connectivity index (χ2v) is 5.68. The molecule has 0 N–H and O–H groups in total. The van der Waals surface area contributed by atoms with Gasteiger partial charge in [-0.05, 0) is 91.1 Å². The van der Waals surface area contributed by atoms with Crippen LogP contribution >= 0.6 is 0 Å². The minimum absolute atomic E-state index is 1.12. The van der Waals surface area contributed by atoms with Crippen molar-refractivity contribution in [3.63, 3.8) is 0 Å². The van der Waals surface area contributed by atoms with Crippen molar-refractivity contribution in [1.82, 2.24) is 0 Å². The first-order valence-electron chi connectivity index (χ1n) is 6.70. The molecule has 0 atom stereocenters. The van der Waals surface area contributed by atoms with E-state index in [1.807, 2.05) is 0 Å². The average molecular weight is 236 g/mol. The van der Waals surface area contributed by atoms with Crippen LogP contribution in [0.3, 0.4) is 0 Å². The summed E-state index contributed by atoms with van der Waals surface area (Å²) < 4.78 is 0. The van der Waals surface area contributed by atoms with Crippen LogP contribution in [0.15, 0.2) is 18.2 Å². The Bertz CT molecular complexity index is 660. The molecule has 0 heteroatoms. The third-order valence-electron chi connectivity index (χ3n) is 4.81. The molecule has 0 amide bonds. The maximum atomic E-state index is 2.37. The Balaban J connectivity index is 2.34. The first kappa shape index (κ1) is 11.5. The van der Waals surface area contributed by atoms with Gasteiger partial charge in [-0.15, -0.1) is 0 Å². The summed E-state index contributed by atoms with van der Waals surface area (Å²) >= 11 is 0. The summed E-state index contributed by atoms with van der Waals surface area (Å²) in [5.41, 5.74) is 13.2. The van der Waals surface area contributed by atoms with Crippen molar-refractivity contribution in [2.45, 2.75) is 41.0 Å². The summed E-state index contributed by atoms with van der Waals surface area (Å²) in [6.07, 6.45) is 1.12. The molecule has 1 aliphatic rings. The van der Waals surface area contributed by atoms with Gasteiger partial charge in [0.25, 0.3) is 0 Å². The van der Waals surface area contributed by atoms with Gasteiger partial charge in [-0.3, -0.25) is 0 Å². The van der Waals surface area contributed by atoms with Crippen molar-refractivity contribution in [2.24, 2.45) is 0 Å². The summed E-state index contributed by atoms with van der Waals surface area (Å²) in [6.45, 7) is 11.2. The van der Waals surface area contributed by atoms with E-state index in [4.69, 9.17) is 0 Å². The molecule has 0 heterocycles. The number of fused-ring (bicyclic) bond motifs is 3. The molecule has 2 aromatic rings. The van der Waals surface area contributed by atoms with E-state index in [-0.39, 0.29) is 0 Å². The largest absolute Gasteiger partial charge is 0.0584 e. The number of hydrogen-bond acceptors (Lipinski definition) is 0. The molecule has 0 saturated heterocycles. The van der Waals surface area contributed by atoms with Gasteiger partial charge >= 0.3 is 0 Å². The maximum Gasteiger partial charge on any atom is -0.000799 e. The van der Waals surface area contributed by atoms with Crippen molar-refractivity contribution in [3.05, 3.63) is 57.1 Å². The fourth-order valence-corrected chi connectivity index (χ4v) is 3.13. The Kier molecular flexibility index (Phi) is 2.38. The maximum absolute atomic E-state index is 2.37. The van der Waals surface area contributed by atoms with E-state index in [2.05, 4.69) is 52.8 Å². The van der Waals surface area contributed by atoms with E-state index in [1.54, 1.807) is 5.56 Å². The highest BCUT2D eigenvalue weighted by molar-refractivity contribution is 5.80. The van der Waals surface area contributed by atoms with Crippen LogP contribution in [-0.4, -0.2) is 0 Å². The van der Waals surface area contributed by atoms with Gasteiger partial charge in [-0.2, -0.15) is 0 Å². The van der Waals surface area contributed by atoms with E-state index in [0.717, 1.165) is 6.42 Å². The quantitative estimate of drug-likeness (QED) is 0.526. The number of hydrogen-bond donors (Lipinski definition) is 0. The predicted molar refractivity (Wildman–Crippen MR) is 78.4 cm³/mol. The van der Waals surface area contributed by atoms with E-state index < -0.39 is 0 Å². The van der Waals surface area contributed by atoms with Gasteiger partial charge in [0.05, 0.1) is 0 Å². The average Bonchev–Trinajstić information content (AvgIpc) is 2.71. The van der Waals surface area contributed by atoms with Gasteiger partial charge in [0.2, 0.25) is 0 Å². The van der Waals surface area contributed by atoms with E-state index in [0.29, 0.717) is 0 Å². The molecule has 92 valence electrons. The van der Waals surface area contributed by atoms with E-state index >= 15 is 0 Å². The summed E-state index contributed by atoms with van der Waals surface area (Å²) in [7, 11) is 0. The summed E-state index contributed by atoms with van der Waals surface area (Å²) in [6, 6.07) is 6.93. The number of rotatable bonds is 0. The van der Waals surface area contributed by atoms with Crippen LogP contribution in [0.1, 0.15) is 38.9 Å². The Hall–Kier alpha value is -1.56. The Labute approximate surface area is 110 Å². The van der Waals surface area contributed by atoms with Crippen LogP contribution in [0.2, 0.25) is 0 Å². The van der Waals surface area contributed by atoms with Gasteiger partial charge < -0.3 is 0 Å². The van der Waals surface area contributed by atoms with Gasteiger partial charge in [-0.25, -0.2) is 0 Å². The lowest BCUT2D eigenvalue weighted by Gasteiger charge is -2.11. The zero-order chi connectivity index (χ0) is 13.0. The van der Waals surface area contributed by atoms with Crippen LogP contribution in [0, 0.1) is 34.6 Å². The van der Waals surface area contributed by atoms with Crippen LogP contribution in [0.4, 0.5) is 0 Å². The topological polar surface area (TPSA) is 0 Å². The molecule has 1 aliphatic carbocycles. The third-order valence-corrected chi connectivity index (χ3v) is 4.81. The first-order chi connectivity index (χ1) is 8.50. The molecule has 0 bridgehead atoms. The highest BCUT2D eigenvalue weighted by Gasteiger charge is 2.23. The minimum atomic E-state index is 1.12. The molecule has 0 nitrogen and oxygen atoms in total. The fraction of sp³-hybridized carbons (Fsp3) is 0.333. The van der Waals surface area contributed by atoms with Gasteiger partial charge in [0.1, 0.15) is 0 Å². The highest BCUT2D eigenvalue weighted by atomic mass is 14.3. The zero-order valence-electron chi connectivity index (χ0n) is 11.9. The molecular formula is C18H20. The van der Waals surface area contributed by atoms with Crippen molar-refractivity contribution < 1.29 is 0 Å². The Morgan fingerprint density at radius 3 is 2.06 bits per heavy atom. The lowest BCUT2D eigenvalue weighted by atomic mass is 9.94. The van der Waals surface area contributed by atoms with Gasteiger partial charge in [-0.1, -0.05) is 18.2 Å². The summed E-state index contributed by atoms with van der Waals surface area (Å²) in [4.78, 5) is 0. The molecule has 0 saturated carbocycles.